The fraction of sp³-hybridized carbons (Fsp3) is 0.232. The highest BCUT2D eigenvalue weighted by molar-refractivity contribution is 7.15. The minimum absolute atomic E-state index is 0.0630. The van der Waals surface area contributed by atoms with E-state index < -0.39 is 100.0 Å². The molecule has 0 fully saturated rings. The van der Waals surface area contributed by atoms with Gasteiger partial charge in [-0.1, -0.05) is 143 Å². The van der Waals surface area contributed by atoms with Crippen LogP contribution >= 0.6 is 9.24 Å². The van der Waals surface area contributed by atoms with Gasteiger partial charge in [0, 0.05) is 85.3 Å². The summed E-state index contributed by atoms with van der Waals surface area (Å²) in [6.07, 6.45) is -4.95. The third-order valence-electron chi connectivity index (χ3n) is 23.8. The lowest BCUT2D eigenvalue weighted by molar-refractivity contribution is -0.386. The number of fused-ring (bicyclic) bond motifs is 15. The first-order chi connectivity index (χ1) is 64.2. The van der Waals surface area contributed by atoms with Crippen LogP contribution in [0, 0.1) is 20.2 Å². The molecular formula is C95H81N10O26P. The van der Waals surface area contributed by atoms with Gasteiger partial charge in [-0.3, -0.25) is 45.2 Å². The molecule has 132 heavy (non-hydrogen) atoms. The van der Waals surface area contributed by atoms with E-state index in [2.05, 4.69) is 19.9 Å². The van der Waals surface area contributed by atoms with Crippen LogP contribution in [0.25, 0.3) is 66.9 Å². The van der Waals surface area contributed by atoms with Crippen LogP contribution in [0.4, 0.5) is 41.9 Å². The summed E-state index contributed by atoms with van der Waals surface area (Å²) in [6.45, 7) is 2.43. The number of carbonyl (C=O) groups is 7. The Balaban J connectivity index is 0.000000195. The molecule has 6 aromatic heterocycles. The average molecular weight is 1810 g/mol. The number of nitro groups is 2. The number of rotatable bonds is 19. The Morgan fingerprint density at radius 2 is 0.765 bits per heavy atom. The van der Waals surface area contributed by atoms with Crippen LogP contribution in [-0.2, 0) is 153 Å². The van der Waals surface area contributed by atoms with Gasteiger partial charge in [0.15, 0.2) is 5.60 Å². The summed E-state index contributed by atoms with van der Waals surface area (Å²) in [6, 6.07) is 54.4. The molecule has 4 atom stereocenters. The number of hydrogen-bond acceptors (Lipinski definition) is 29. The van der Waals surface area contributed by atoms with Crippen LogP contribution in [0.5, 0.6) is 0 Å². The summed E-state index contributed by atoms with van der Waals surface area (Å²) in [4.78, 5) is 170. The Morgan fingerprint density at radius 1 is 0.447 bits per heavy atom. The molecule has 0 bridgehead atoms. The van der Waals surface area contributed by atoms with Crippen molar-refractivity contribution in [2.75, 3.05) is 17.3 Å². The molecule has 19 rings (SSSR count). The molecule has 672 valence electrons. The van der Waals surface area contributed by atoms with Crippen LogP contribution < -0.4 is 27.3 Å². The van der Waals surface area contributed by atoms with Crippen molar-refractivity contribution in [2.45, 2.75) is 136 Å². The Labute approximate surface area is 751 Å². The number of aliphatic hydroxyl groups is 3. The summed E-state index contributed by atoms with van der Waals surface area (Å²) < 4.78 is 60.4. The molecule has 0 aliphatic carbocycles. The van der Waals surface area contributed by atoms with E-state index in [1.165, 1.54) is 69.8 Å². The predicted molar refractivity (Wildman–Crippen MR) is 476 cm³/mol. The first kappa shape index (κ1) is 88.3. The highest BCUT2D eigenvalue weighted by Gasteiger charge is 2.53. The maximum absolute atomic E-state index is 14.1. The minimum atomic E-state index is -2.15. The number of pyridine rings is 6. The molecule has 6 aliphatic heterocycles. The number of nitro benzene ring substituents is 2. The van der Waals surface area contributed by atoms with Gasteiger partial charge >= 0.3 is 42.4 Å². The molecule has 13 aromatic rings. The SMILES string of the molecule is CC[C@@]1(O)C(=O)OCc2c1cc1n(c2=O)Cc2cc3ccccc3nc2-1.CC[C@@]1(OC(=O)OCc2cccc(COC(=O)O[C@]3(CC)C(=O)OCc4c3cc3n(c4=O)Cc4cc5ccccc5nc4-3)c2NC(=O)OCc2ccccc2[N+](=O)[O-])C(=O)OCc2c1cc1n(c2=O)Cc2cc3ccccc3nc2-1.O=C(Nc1c(CO)cccc1CO)OCc1ccccc1[N+](=O)[O-].[3H]CP. The van der Waals surface area contributed by atoms with Crippen LogP contribution in [0.2, 0.25) is 0 Å². The molecule has 2 amide bonds. The van der Waals surface area contributed by atoms with Gasteiger partial charge in [-0.05, 0) is 86.0 Å². The van der Waals surface area contributed by atoms with Gasteiger partial charge in [-0.15, -0.1) is 9.24 Å². The number of ether oxygens (including phenoxy) is 9. The van der Waals surface area contributed by atoms with Crippen LogP contribution in [-0.4, -0.2) is 103 Å². The number of nitrogens with one attached hydrogen (secondary N) is 2. The van der Waals surface area contributed by atoms with Crippen LogP contribution in [0.3, 0.4) is 0 Å². The van der Waals surface area contributed by atoms with Crippen molar-refractivity contribution in [3.05, 3.63) is 329 Å². The standard InChI is InChI=1S/C58H44N6O16.C20H16N2O4.C16H16N2O6.CH5P/c1-3-57(40-22-45-48-36(20-31-12-5-8-17-42(31)59-48)24-62(45)50(65)38(40)29-74-52(57)67)79-55(70)77-27-34-15-11-16-35(47(34)61-54(69)76-26-33-14-7-10-19-44(33)64(72)73)28-78-56(71)80-58(4-2)41-23-46-49-37(21-32-13-6-9-18-43(32)60-49)25-63(46)51(66)39(41)30-75-53(58)68;1-2-20(25)14-8-16-17-12(7-11-5-3-4-6-15(11)21-17)9-22(16)18(23)13(14)10-26-19(20)24;19-8-11-5-3-6-12(9-20)15(11)17-16(21)24-10-13-4-1-2-7-14(13)18(22)23;1-2/h5-23H,3-4,24-30H2,1-2H3,(H,61,69);3-8,25H,2,9-10H2,1H3;1-7,19-20H,8-10H2,(H,17,21);2H2,1H3/t57-,58-;20-;;/m00../s1/i;;;1T. The van der Waals surface area contributed by atoms with E-state index >= 15 is 0 Å². The lowest BCUT2D eigenvalue weighted by atomic mass is 9.85. The first-order valence-corrected chi connectivity index (χ1v) is 42.2. The van der Waals surface area contributed by atoms with Gasteiger partial charge in [0.05, 0.1) is 133 Å². The number of esters is 3. The number of hydrogen-bond donors (Lipinski definition) is 5. The Kier molecular flexibility index (Phi) is 24.8. The molecule has 0 saturated carbocycles. The monoisotopic (exact) mass is 1810 g/mol. The lowest BCUT2D eigenvalue weighted by Crippen LogP contribution is -2.47. The molecule has 36 nitrogen and oxygen atoms in total. The lowest BCUT2D eigenvalue weighted by Gasteiger charge is -2.35. The molecule has 7 aromatic carbocycles. The van der Waals surface area contributed by atoms with Crippen molar-refractivity contribution in [1.29, 1.82) is 0 Å². The Bertz CT molecular complexity index is 6960. The Hall–Kier alpha value is -15.8. The smallest absolute Gasteiger partial charge is 0.458 e. The summed E-state index contributed by atoms with van der Waals surface area (Å²) >= 11 is 0. The van der Waals surface area contributed by atoms with E-state index in [1.54, 1.807) is 67.8 Å². The molecule has 5 N–H and O–H groups in total. The second-order valence-electron chi connectivity index (χ2n) is 31.0. The van der Waals surface area contributed by atoms with Crippen molar-refractivity contribution in [3.63, 3.8) is 0 Å². The Morgan fingerprint density at radius 3 is 1.13 bits per heavy atom. The molecule has 0 saturated heterocycles. The van der Waals surface area contributed by atoms with Gasteiger partial charge in [-0.25, -0.2) is 48.5 Å². The normalized spacial score (nSPS) is 16.4. The first-order valence-electron chi connectivity index (χ1n) is 42.1. The summed E-state index contributed by atoms with van der Waals surface area (Å²) in [7, 11) is 2.25. The van der Waals surface area contributed by atoms with Gasteiger partial charge in [0.25, 0.3) is 28.1 Å². The number of anilines is 2. The number of aromatic nitrogens is 6. The van der Waals surface area contributed by atoms with Crippen molar-refractivity contribution >= 4 is 107 Å². The zero-order valence-corrected chi connectivity index (χ0v) is 71.8. The van der Waals surface area contributed by atoms with E-state index in [0.717, 1.165) is 44.1 Å². The number of cyclic esters (lactones) is 3. The number of amides is 2. The maximum atomic E-state index is 14.1. The number of para-hydroxylation sites is 7. The van der Waals surface area contributed by atoms with Crippen molar-refractivity contribution in [3.8, 4) is 34.2 Å². The largest absolute Gasteiger partial charge is 0.510 e. The average Bonchev–Trinajstić information content (AvgIpc) is 1.60. The number of nitrogens with zero attached hydrogens (tertiary/aromatic N) is 8. The van der Waals surface area contributed by atoms with Crippen molar-refractivity contribution < 1.29 is 103 Å². The van der Waals surface area contributed by atoms with Crippen LogP contribution in [0.15, 0.2) is 209 Å². The second-order valence-corrected chi connectivity index (χ2v) is 31.0. The van der Waals surface area contributed by atoms with Gasteiger partial charge in [-0.2, -0.15) is 0 Å². The van der Waals surface area contributed by atoms with E-state index in [9.17, 15) is 83.5 Å². The molecular weight excluding hydrogens is 1730 g/mol. The van der Waals surface area contributed by atoms with Gasteiger partial charge in [0.2, 0.25) is 11.2 Å². The quantitative estimate of drug-likeness (QED) is 0.0165. The zero-order valence-electron chi connectivity index (χ0n) is 71.7. The predicted octanol–water partition coefficient (Wildman–Crippen LogP) is 13.8. The molecule has 37 heteroatoms. The van der Waals surface area contributed by atoms with Crippen LogP contribution in [0.1, 0.15) is 125 Å². The third kappa shape index (κ3) is 16.6. The summed E-state index contributed by atoms with van der Waals surface area (Å²) in [5.74, 6) is -2.60. The molecule has 6 aliphatic rings. The number of carbonyl (C=O) groups excluding carboxylic acids is 7. The molecule has 1 unspecified atom stereocenters. The molecule has 0 radical (unpaired) electrons. The minimum Gasteiger partial charge on any atom is -0.458 e. The fourth-order valence-corrected chi connectivity index (χ4v) is 17.0. The van der Waals surface area contributed by atoms with E-state index in [4.69, 9.17) is 59.0 Å². The summed E-state index contributed by atoms with van der Waals surface area (Å²) in [5.41, 5.74) is 2.80. The maximum Gasteiger partial charge on any atom is 0.510 e. The van der Waals surface area contributed by atoms with E-state index in [-0.39, 0.29) is 145 Å². The fourth-order valence-electron chi connectivity index (χ4n) is 17.0. The molecule has 0 spiro atoms. The van der Waals surface area contributed by atoms with E-state index in [1.807, 2.05) is 91.0 Å². The molecule has 12 heterocycles. The number of benzene rings is 7. The second kappa shape index (κ2) is 37.1. The van der Waals surface area contributed by atoms with Crippen molar-refractivity contribution in [2.24, 2.45) is 0 Å². The van der Waals surface area contributed by atoms with E-state index in [0.29, 0.717) is 74.9 Å². The van der Waals surface area contributed by atoms with Crippen molar-refractivity contribution in [1.82, 2.24) is 28.7 Å². The van der Waals surface area contributed by atoms with Gasteiger partial charge in [0.1, 0.15) is 46.2 Å². The third-order valence-corrected chi connectivity index (χ3v) is 23.8. The topological polar surface area (TPSA) is 478 Å². The van der Waals surface area contributed by atoms with Gasteiger partial charge < -0.3 is 71.7 Å². The summed E-state index contributed by atoms with van der Waals surface area (Å²) in [5, 5.41) is 59.9. The number of aliphatic hydroxyl groups excluding tert-OH is 2. The highest BCUT2D eigenvalue weighted by atomic mass is 31.0. The highest BCUT2D eigenvalue weighted by Crippen LogP contribution is 2.46. The zero-order chi connectivity index (χ0) is 93.9.